The molecule has 0 aliphatic carbocycles. The standard InChI is InChI=1S/C13H21N5/c1-5-17-13(6-10(2)16-17)9-18-11(3)12(7-14-4)8-15-18/h6,8,14H,5,7,9H2,1-4H3. The van der Waals surface area contributed by atoms with Crippen LogP contribution >= 0.6 is 0 Å². The molecule has 0 atom stereocenters. The van der Waals surface area contributed by atoms with Gasteiger partial charge in [-0.2, -0.15) is 10.2 Å². The number of nitrogens with zero attached hydrogens (tertiary/aromatic N) is 4. The van der Waals surface area contributed by atoms with Crippen molar-refractivity contribution >= 4 is 0 Å². The zero-order valence-corrected chi connectivity index (χ0v) is 11.6. The molecule has 0 aliphatic rings. The highest BCUT2D eigenvalue weighted by atomic mass is 15.3. The van der Waals surface area contributed by atoms with Crippen molar-refractivity contribution in [2.75, 3.05) is 7.05 Å². The fourth-order valence-corrected chi connectivity index (χ4v) is 2.16. The Bertz CT molecular complexity index is 523. The lowest BCUT2D eigenvalue weighted by molar-refractivity contribution is 0.568. The third-order valence-electron chi connectivity index (χ3n) is 3.17. The molecule has 0 saturated carbocycles. The first-order valence-corrected chi connectivity index (χ1v) is 6.35. The molecule has 0 unspecified atom stereocenters. The van der Waals surface area contributed by atoms with Crippen LogP contribution in [0.4, 0.5) is 0 Å². The maximum atomic E-state index is 4.46. The molecule has 0 fully saturated rings. The van der Waals surface area contributed by atoms with Crippen molar-refractivity contribution < 1.29 is 0 Å². The Kier molecular flexibility index (Phi) is 3.81. The molecule has 2 aromatic rings. The Labute approximate surface area is 108 Å². The van der Waals surface area contributed by atoms with Gasteiger partial charge in [0.25, 0.3) is 0 Å². The summed E-state index contributed by atoms with van der Waals surface area (Å²) < 4.78 is 4.07. The molecule has 0 saturated heterocycles. The van der Waals surface area contributed by atoms with Gasteiger partial charge >= 0.3 is 0 Å². The predicted octanol–water partition coefficient (Wildman–Crippen LogP) is 1.48. The van der Waals surface area contributed by atoms with E-state index in [1.54, 1.807) is 0 Å². The average molecular weight is 247 g/mol. The van der Waals surface area contributed by atoms with Crippen LogP contribution < -0.4 is 5.32 Å². The van der Waals surface area contributed by atoms with Gasteiger partial charge in [-0.3, -0.25) is 9.36 Å². The maximum Gasteiger partial charge on any atom is 0.0831 e. The summed E-state index contributed by atoms with van der Waals surface area (Å²) in [6.07, 6.45) is 1.94. The van der Waals surface area contributed by atoms with Crippen LogP contribution in [0.25, 0.3) is 0 Å². The normalized spacial score (nSPS) is 11.1. The topological polar surface area (TPSA) is 47.7 Å². The number of aromatic nitrogens is 4. The van der Waals surface area contributed by atoms with E-state index in [1.807, 2.05) is 29.5 Å². The lowest BCUT2D eigenvalue weighted by Gasteiger charge is -2.07. The summed E-state index contributed by atoms with van der Waals surface area (Å²) in [6, 6.07) is 2.13. The third kappa shape index (κ3) is 2.46. The largest absolute Gasteiger partial charge is 0.316 e. The molecular weight excluding hydrogens is 226 g/mol. The minimum Gasteiger partial charge on any atom is -0.316 e. The highest BCUT2D eigenvalue weighted by Crippen LogP contribution is 2.11. The van der Waals surface area contributed by atoms with Gasteiger partial charge in [-0.1, -0.05) is 0 Å². The lowest BCUT2D eigenvalue weighted by atomic mass is 10.2. The Balaban J connectivity index is 2.23. The van der Waals surface area contributed by atoms with Crippen LogP contribution in [0.15, 0.2) is 12.3 Å². The molecule has 5 heteroatoms. The molecule has 0 radical (unpaired) electrons. The highest BCUT2D eigenvalue weighted by Gasteiger charge is 2.09. The molecule has 98 valence electrons. The number of rotatable bonds is 5. The minimum atomic E-state index is 0.782. The minimum absolute atomic E-state index is 0.782. The zero-order chi connectivity index (χ0) is 13.1. The summed E-state index contributed by atoms with van der Waals surface area (Å²) in [5, 5.41) is 12.1. The average Bonchev–Trinajstić information content (AvgIpc) is 2.87. The van der Waals surface area contributed by atoms with E-state index in [1.165, 1.54) is 17.0 Å². The van der Waals surface area contributed by atoms with Gasteiger partial charge in [0.05, 0.1) is 24.1 Å². The first-order valence-electron chi connectivity index (χ1n) is 6.35. The first-order chi connectivity index (χ1) is 8.65. The van der Waals surface area contributed by atoms with Gasteiger partial charge in [0.2, 0.25) is 0 Å². The first kappa shape index (κ1) is 12.8. The fourth-order valence-electron chi connectivity index (χ4n) is 2.16. The monoisotopic (exact) mass is 247 g/mol. The molecule has 0 aliphatic heterocycles. The van der Waals surface area contributed by atoms with Crippen LogP contribution in [0.1, 0.15) is 29.6 Å². The van der Waals surface area contributed by atoms with Gasteiger partial charge in [0.15, 0.2) is 0 Å². The summed E-state index contributed by atoms with van der Waals surface area (Å²) in [4.78, 5) is 0. The van der Waals surface area contributed by atoms with Crippen molar-refractivity contribution in [2.24, 2.45) is 0 Å². The summed E-state index contributed by atoms with van der Waals surface area (Å²) in [5.41, 5.74) is 4.73. The van der Waals surface area contributed by atoms with Crippen molar-refractivity contribution in [3.63, 3.8) is 0 Å². The molecule has 0 aromatic carbocycles. The molecular formula is C13H21N5. The van der Waals surface area contributed by atoms with E-state index in [0.717, 1.165) is 25.3 Å². The van der Waals surface area contributed by atoms with E-state index in [9.17, 15) is 0 Å². The fraction of sp³-hybridized carbons (Fsp3) is 0.538. The second kappa shape index (κ2) is 5.35. The molecule has 1 N–H and O–H groups in total. The summed E-state index contributed by atoms with van der Waals surface area (Å²) >= 11 is 0. The van der Waals surface area contributed by atoms with Crippen LogP contribution in [0.2, 0.25) is 0 Å². The Hall–Kier alpha value is -1.62. The summed E-state index contributed by atoms with van der Waals surface area (Å²) in [6.45, 7) is 8.78. The van der Waals surface area contributed by atoms with Gasteiger partial charge in [-0.05, 0) is 33.9 Å². The number of aryl methyl sites for hydroxylation is 2. The second-order valence-corrected chi connectivity index (χ2v) is 4.54. The number of hydrogen-bond acceptors (Lipinski definition) is 3. The van der Waals surface area contributed by atoms with Gasteiger partial charge < -0.3 is 5.32 Å². The summed E-state index contributed by atoms with van der Waals surface area (Å²) in [7, 11) is 1.95. The van der Waals surface area contributed by atoms with Crippen LogP contribution in [-0.2, 0) is 19.6 Å². The van der Waals surface area contributed by atoms with E-state index in [2.05, 4.69) is 35.4 Å². The quantitative estimate of drug-likeness (QED) is 0.870. The SMILES string of the molecule is CCn1nc(C)cc1Cn1ncc(CNC)c1C. The molecule has 2 heterocycles. The van der Waals surface area contributed by atoms with Crippen LogP contribution in [0.3, 0.4) is 0 Å². The molecule has 5 nitrogen and oxygen atoms in total. The predicted molar refractivity (Wildman–Crippen MR) is 71.5 cm³/mol. The molecule has 2 rings (SSSR count). The molecule has 0 amide bonds. The smallest absolute Gasteiger partial charge is 0.0831 e. The van der Waals surface area contributed by atoms with E-state index in [4.69, 9.17) is 0 Å². The molecule has 0 bridgehead atoms. The third-order valence-corrected chi connectivity index (χ3v) is 3.17. The van der Waals surface area contributed by atoms with E-state index < -0.39 is 0 Å². The van der Waals surface area contributed by atoms with Crippen molar-refractivity contribution in [1.29, 1.82) is 0 Å². The van der Waals surface area contributed by atoms with Crippen molar-refractivity contribution in [3.8, 4) is 0 Å². The molecule has 0 spiro atoms. The van der Waals surface area contributed by atoms with Crippen molar-refractivity contribution in [3.05, 3.63) is 34.9 Å². The molecule has 2 aromatic heterocycles. The highest BCUT2D eigenvalue weighted by molar-refractivity contribution is 5.18. The van der Waals surface area contributed by atoms with Crippen LogP contribution in [-0.4, -0.2) is 26.6 Å². The Morgan fingerprint density at radius 3 is 2.72 bits per heavy atom. The van der Waals surface area contributed by atoms with E-state index in [-0.39, 0.29) is 0 Å². The Morgan fingerprint density at radius 2 is 2.06 bits per heavy atom. The van der Waals surface area contributed by atoms with Gasteiger partial charge in [0.1, 0.15) is 0 Å². The summed E-state index contributed by atoms with van der Waals surface area (Å²) in [5.74, 6) is 0. The second-order valence-electron chi connectivity index (χ2n) is 4.54. The van der Waals surface area contributed by atoms with Gasteiger partial charge in [0, 0.05) is 24.3 Å². The van der Waals surface area contributed by atoms with Crippen LogP contribution in [0, 0.1) is 13.8 Å². The van der Waals surface area contributed by atoms with Crippen molar-refractivity contribution in [1.82, 2.24) is 24.9 Å². The van der Waals surface area contributed by atoms with Crippen LogP contribution in [0.5, 0.6) is 0 Å². The molecule has 18 heavy (non-hydrogen) atoms. The van der Waals surface area contributed by atoms with Crippen molar-refractivity contribution in [2.45, 2.75) is 40.4 Å². The number of hydrogen-bond donors (Lipinski definition) is 1. The maximum absolute atomic E-state index is 4.46. The van der Waals surface area contributed by atoms with E-state index in [0.29, 0.717) is 0 Å². The van der Waals surface area contributed by atoms with Gasteiger partial charge in [-0.15, -0.1) is 0 Å². The van der Waals surface area contributed by atoms with E-state index >= 15 is 0 Å². The Morgan fingerprint density at radius 1 is 1.28 bits per heavy atom. The number of nitrogens with one attached hydrogen (secondary N) is 1. The zero-order valence-electron chi connectivity index (χ0n) is 11.6. The lowest BCUT2D eigenvalue weighted by Crippen LogP contribution is -2.11. The van der Waals surface area contributed by atoms with Gasteiger partial charge in [-0.25, -0.2) is 0 Å².